The topological polar surface area (TPSA) is 58.6 Å². The molecule has 5 nitrogen and oxygen atoms in total. The highest BCUT2D eigenvalue weighted by Gasteiger charge is 2.23. The predicted octanol–water partition coefficient (Wildman–Crippen LogP) is 3.55. The molecule has 0 heterocycles. The van der Waals surface area contributed by atoms with Gasteiger partial charge in [0, 0.05) is 25.7 Å². The lowest BCUT2D eigenvalue weighted by molar-refractivity contribution is -0.116. The molecule has 1 atom stereocenters. The van der Waals surface area contributed by atoms with E-state index in [1.807, 2.05) is 49.1 Å². The average molecular weight is 346 g/mol. The van der Waals surface area contributed by atoms with Gasteiger partial charge in [-0.05, 0) is 46.3 Å². The van der Waals surface area contributed by atoms with Crippen LogP contribution in [0.3, 0.4) is 0 Å². The van der Waals surface area contributed by atoms with Crippen LogP contribution in [0.15, 0.2) is 42.6 Å². The van der Waals surface area contributed by atoms with Crippen LogP contribution in [-0.4, -0.2) is 41.5 Å². The van der Waals surface area contributed by atoms with E-state index in [1.54, 1.807) is 27.0 Å². The van der Waals surface area contributed by atoms with Gasteiger partial charge in [0.2, 0.25) is 0 Å². The number of carbonyl (C=O) groups is 2. The Balaban J connectivity index is 2.86. The van der Waals surface area contributed by atoms with Crippen LogP contribution in [0, 0.1) is 0 Å². The molecular formula is C20H30N2O3. The van der Waals surface area contributed by atoms with Crippen molar-refractivity contribution in [3.63, 3.8) is 0 Å². The molecule has 0 saturated carbocycles. The van der Waals surface area contributed by atoms with E-state index in [1.165, 1.54) is 6.08 Å². The lowest BCUT2D eigenvalue weighted by Crippen LogP contribution is -2.44. The molecule has 138 valence electrons. The van der Waals surface area contributed by atoms with Gasteiger partial charge in [0.25, 0.3) is 0 Å². The first-order valence-electron chi connectivity index (χ1n) is 8.74. The molecule has 5 heteroatoms. The number of alkyl carbamates (subject to hydrolysis) is 1. The lowest BCUT2D eigenvalue weighted by atomic mass is 10.0. The summed E-state index contributed by atoms with van der Waals surface area (Å²) in [6.45, 7) is 11.1. The van der Waals surface area contributed by atoms with Crippen molar-refractivity contribution in [1.82, 2.24) is 10.2 Å². The average Bonchev–Trinajstić information content (AvgIpc) is 2.54. The molecule has 0 radical (unpaired) electrons. The van der Waals surface area contributed by atoms with Gasteiger partial charge in [-0.25, -0.2) is 4.79 Å². The van der Waals surface area contributed by atoms with Crippen LogP contribution in [0.4, 0.5) is 4.79 Å². The van der Waals surface area contributed by atoms with Gasteiger partial charge in [0.15, 0.2) is 5.78 Å². The third-order valence-electron chi connectivity index (χ3n) is 3.58. The Bertz CT molecular complexity index is 572. The number of hydrogen-bond acceptors (Lipinski definition) is 4. The van der Waals surface area contributed by atoms with E-state index in [9.17, 15) is 9.59 Å². The molecule has 0 aliphatic heterocycles. The van der Waals surface area contributed by atoms with Gasteiger partial charge in [-0.15, -0.1) is 0 Å². The first-order valence-corrected chi connectivity index (χ1v) is 8.74. The summed E-state index contributed by atoms with van der Waals surface area (Å²) in [6.07, 6.45) is 3.13. The van der Waals surface area contributed by atoms with Crippen LogP contribution in [0.2, 0.25) is 0 Å². The molecule has 1 unspecified atom stereocenters. The smallest absolute Gasteiger partial charge is 0.408 e. The molecule has 1 N–H and O–H groups in total. The highest BCUT2D eigenvalue weighted by Crippen LogP contribution is 2.09. The van der Waals surface area contributed by atoms with Gasteiger partial charge in [0.05, 0.1) is 6.04 Å². The molecule has 0 bridgehead atoms. The van der Waals surface area contributed by atoms with Crippen molar-refractivity contribution >= 4 is 11.9 Å². The molecule has 1 rings (SSSR count). The van der Waals surface area contributed by atoms with Crippen LogP contribution in [-0.2, 0) is 16.0 Å². The first-order chi connectivity index (χ1) is 11.7. The number of hydrogen-bond donors (Lipinski definition) is 1. The fourth-order valence-corrected chi connectivity index (χ4v) is 2.25. The van der Waals surface area contributed by atoms with Crippen molar-refractivity contribution in [2.75, 3.05) is 13.1 Å². The number of benzene rings is 1. The Morgan fingerprint density at radius 3 is 2.28 bits per heavy atom. The van der Waals surface area contributed by atoms with Gasteiger partial charge in [-0.2, -0.15) is 0 Å². The summed E-state index contributed by atoms with van der Waals surface area (Å²) >= 11 is 0. The maximum Gasteiger partial charge on any atom is 0.408 e. The summed E-state index contributed by atoms with van der Waals surface area (Å²) in [4.78, 5) is 26.7. The molecule has 1 aromatic carbocycles. The van der Waals surface area contributed by atoms with Crippen molar-refractivity contribution in [1.29, 1.82) is 0 Å². The zero-order chi connectivity index (χ0) is 18.9. The Labute approximate surface area is 151 Å². The molecule has 0 saturated heterocycles. The van der Waals surface area contributed by atoms with Gasteiger partial charge < -0.3 is 15.0 Å². The molecule has 1 amide bonds. The number of amides is 1. The number of ketones is 1. The number of nitrogens with zero attached hydrogens (tertiary/aromatic N) is 1. The minimum atomic E-state index is -0.663. The molecular weight excluding hydrogens is 316 g/mol. The molecule has 25 heavy (non-hydrogen) atoms. The predicted molar refractivity (Wildman–Crippen MR) is 100 cm³/mol. The van der Waals surface area contributed by atoms with Crippen LogP contribution in [0.5, 0.6) is 0 Å². The first kappa shape index (κ1) is 20.7. The third kappa shape index (κ3) is 8.38. The van der Waals surface area contributed by atoms with Gasteiger partial charge in [-0.1, -0.05) is 30.3 Å². The normalized spacial score (nSPS) is 12.7. The third-order valence-corrected chi connectivity index (χ3v) is 3.58. The van der Waals surface area contributed by atoms with Crippen molar-refractivity contribution in [3.8, 4) is 0 Å². The Kier molecular flexibility index (Phi) is 8.19. The van der Waals surface area contributed by atoms with Crippen LogP contribution in [0.25, 0.3) is 0 Å². The number of rotatable bonds is 8. The summed E-state index contributed by atoms with van der Waals surface area (Å²) < 4.78 is 5.29. The van der Waals surface area contributed by atoms with E-state index >= 15 is 0 Å². The number of carbonyl (C=O) groups excluding carboxylic acids is 2. The Morgan fingerprint density at radius 2 is 1.76 bits per heavy atom. The minimum Gasteiger partial charge on any atom is -0.444 e. The van der Waals surface area contributed by atoms with Crippen molar-refractivity contribution in [3.05, 3.63) is 48.2 Å². The number of ether oxygens (including phenoxy) is 1. The van der Waals surface area contributed by atoms with Crippen molar-refractivity contribution < 1.29 is 14.3 Å². The van der Waals surface area contributed by atoms with E-state index < -0.39 is 17.7 Å². The van der Waals surface area contributed by atoms with Crippen LogP contribution in [0.1, 0.15) is 40.2 Å². The summed E-state index contributed by atoms with van der Waals surface area (Å²) in [5.74, 6) is -0.151. The Morgan fingerprint density at radius 1 is 1.16 bits per heavy atom. The minimum absolute atomic E-state index is 0.151. The van der Waals surface area contributed by atoms with E-state index in [-0.39, 0.29) is 5.78 Å². The highest BCUT2D eigenvalue weighted by molar-refractivity contribution is 5.96. The summed E-state index contributed by atoms with van der Waals surface area (Å²) in [7, 11) is 0. The largest absolute Gasteiger partial charge is 0.444 e. The van der Waals surface area contributed by atoms with Gasteiger partial charge >= 0.3 is 6.09 Å². The quantitative estimate of drug-likeness (QED) is 0.731. The van der Waals surface area contributed by atoms with Gasteiger partial charge in [-0.3, -0.25) is 4.79 Å². The van der Waals surface area contributed by atoms with E-state index in [2.05, 4.69) is 5.32 Å². The fraction of sp³-hybridized carbons (Fsp3) is 0.500. The zero-order valence-corrected chi connectivity index (χ0v) is 15.9. The maximum absolute atomic E-state index is 12.6. The molecule has 0 spiro atoms. The lowest BCUT2D eigenvalue weighted by Gasteiger charge is -2.23. The van der Waals surface area contributed by atoms with E-state index in [0.717, 1.165) is 18.7 Å². The van der Waals surface area contributed by atoms with Crippen molar-refractivity contribution in [2.45, 2.75) is 52.7 Å². The fourth-order valence-electron chi connectivity index (χ4n) is 2.25. The second-order valence-electron chi connectivity index (χ2n) is 6.83. The monoisotopic (exact) mass is 346 g/mol. The van der Waals surface area contributed by atoms with Crippen molar-refractivity contribution in [2.24, 2.45) is 0 Å². The number of nitrogens with one attached hydrogen (secondary N) is 1. The van der Waals surface area contributed by atoms with Gasteiger partial charge in [0.1, 0.15) is 5.60 Å². The molecule has 0 aliphatic rings. The summed E-state index contributed by atoms with van der Waals surface area (Å²) in [5.41, 5.74) is 0.370. The second-order valence-corrected chi connectivity index (χ2v) is 6.83. The highest BCUT2D eigenvalue weighted by atomic mass is 16.6. The SMILES string of the molecule is CCN(/C=C/C(=O)C(Cc1ccccc1)NC(=O)OC(C)(C)C)CC. The van der Waals surface area contributed by atoms with E-state index in [4.69, 9.17) is 4.74 Å². The maximum atomic E-state index is 12.6. The standard InChI is InChI=1S/C20H30N2O3/c1-6-22(7-2)14-13-18(23)17(15-16-11-9-8-10-12-16)21-19(24)25-20(3,4)5/h8-14,17H,6-7,15H2,1-5H3,(H,21,24)/b14-13+. The Hall–Kier alpha value is -2.30. The molecule has 0 fully saturated rings. The van der Waals surface area contributed by atoms with Crippen LogP contribution >= 0.6 is 0 Å². The van der Waals surface area contributed by atoms with E-state index in [0.29, 0.717) is 6.42 Å². The zero-order valence-electron chi connectivity index (χ0n) is 15.9. The molecule has 0 aliphatic carbocycles. The van der Waals surface area contributed by atoms with Crippen LogP contribution < -0.4 is 5.32 Å². The summed E-state index contributed by atoms with van der Waals surface area (Å²) in [5, 5.41) is 2.70. The molecule has 0 aromatic heterocycles. The summed E-state index contributed by atoms with van der Waals surface area (Å²) in [6, 6.07) is 8.95. The second kappa shape index (κ2) is 9.87. The molecule has 1 aromatic rings.